The molecule has 0 unspecified atom stereocenters. The molecule has 3 rings (SSSR count). The SMILES string of the molecule is COCCn1c(=NC(=O)c2cc(OC)cc(OC)c2)sc2cc(OC)c(OC)cc21. The lowest BCUT2D eigenvalue weighted by Gasteiger charge is -2.09. The molecule has 0 radical (unpaired) electrons. The molecule has 0 aliphatic heterocycles. The van der Waals surface area contributed by atoms with Gasteiger partial charge >= 0.3 is 0 Å². The molecule has 8 nitrogen and oxygen atoms in total. The Morgan fingerprint density at radius 1 is 0.900 bits per heavy atom. The summed E-state index contributed by atoms with van der Waals surface area (Å²) in [6.07, 6.45) is 0. The number of fused-ring (bicyclic) bond motifs is 1. The first-order chi connectivity index (χ1) is 14.5. The standard InChI is InChI=1S/C21H24N2O6S/c1-25-7-6-23-16-11-17(28-4)18(29-5)12-19(16)30-21(23)22-20(24)13-8-14(26-2)10-15(9-13)27-3/h8-12H,6-7H2,1-5H3. The molecule has 1 amide bonds. The van der Waals surface area contributed by atoms with Gasteiger partial charge in [-0.3, -0.25) is 4.79 Å². The fraction of sp³-hybridized carbons (Fsp3) is 0.333. The van der Waals surface area contributed by atoms with Crippen molar-refractivity contribution in [3.8, 4) is 23.0 Å². The van der Waals surface area contributed by atoms with E-state index in [1.807, 2.05) is 16.7 Å². The molecule has 0 spiro atoms. The second kappa shape index (κ2) is 9.64. The number of hydrogen-bond donors (Lipinski definition) is 0. The fourth-order valence-corrected chi connectivity index (χ4v) is 4.03. The van der Waals surface area contributed by atoms with Gasteiger partial charge in [-0.25, -0.2) is 0 Å². The summed E-state index contributed by atoms with van der Waals surface area (Å²) >= 11 is 1.39. The Bertz CT molecular complexity index is 1100. The number of methoxy groups -OCH3 is 5. The highest BCUT2D eigenvalue weighted by Gasteiger charge is 2.15. The van der Waals surface area contributed by atoms with Gasteiger partial charge in [0, 0.05) is 37.4 Å². The van der Waals surface area contributed by atoms with Crippen molar-refractivity contribution in [1.82, 2.24) is 4.57 Å². The normalized spacial score (nSPS) is 11.6. The minimum atomic E-state index is -0.399. The van der Waals surface area contributed by atoms with Crippen molar-refractivity contribution in [3.63, 3.8) is 0 Å². The zero-order valence-electron chi connectivity index (χ0n) is 17.6. The molecule has 0 aliphatic carbocycles. The van der Waals surface area contributed by atoms with Crippen LogP contribution in [0.25, 0.3) is 10.2 Å². The van der Waals surface area contributed by atoms with Crippen LogP contribution in [0.2, 0.25) is 0 Å². The van der Waals surface area contributed by atoms with Crippen LogP contribution < -0.4 is 23.7 Å². The second-order valence-corrected chi connectivity index (χ2v) is 7.23. The zero-order chi connectivity index (χ0) is 21.7. The molecule has 3 aromatic rings. The molecule has 9 heteroatoms. The molecule has 0 saturated heterocycles. The third-order valence-electron chi connectivity index (χ3n) is 4.50. The van der Waals surface area contributed by atoms with E-state index in [2.05, 4.69) is 4.99 Å². The maximum atomic E-state index is 12.9. The van der Waals surface area contributed by atoms with Gasteiger partial charge in [-0.2, -0.15) is 4.99 Å². The summed E-state index contributed by atoms with van der Waals surface area (Å²) in [7, 11) is 7.86. The van der Waals surface area contributed by atoms with Crippen LogP contribution in [0.5, 0.6) is 23.0 Å². The number of carbonyl (C=O) groups is 1. The molecular weight excluding hydrogens is 408 g/mol. The van der Waals surface area contributed by atoms with Gasteiger partial charge in [-0.05, 0) is 12.1 Å². The smallest absolute Gasteiger partial charge is 0.279 e. The topological polar surface area (TPSA) is 80.5 Å². The number of rotatable bonds is 8. The van der Waals surface area contributed by atoms with Crippen molar-refractivity contribution in [2.75, 3.05) is 42.2 Å². The van der Waals surface area contributed by atoms with Crippen LogP contribution in [0.15, 0.2) is 35.3 Å². The van der Waals surface area contributed by atoms with Crippen molar-refractivity contribution >= 4 is 27.5 Å². The minimum Gasteiger partial charge on any atom is -0.497 e. The molecule has 1 aromatic heterocycles. The molecule has 0 saturated carbocycles. The van der Waals surface area contributed by atoms with E-state index in [-0.39, 0.29) is 0 Å². The summed E-state index contributed by atoms with van der Waals surface area (Å²) in [6, 6.07) is 8.71. The highest BCUT2D eigenvalue weighted by Crippen LogP contribution is 2.33. The second-order valence-electron chi connectivity index (χ2n) is 6.22. The number of hydrogen-bond acceptors (Lipinski definition) is 7. The third kappa shape index (κ3) is 4.42. The van der Waals surface area contributed by atoms with Crippen LogP contribution in [0, 0.1) is 0 Å². The summed E-state index contributed by atoms with van der Waals surface area (Å²) in [6.45, 7) is 0.994. The van der Waals surface area contributed by atoms with Gasteiger partial charge in [0.2, 0.25) is 0 Å². The number of aromatic nitrogens is 1. The Morgan fingerprint density at radius 3 is 2.10 bits per heavy atom. The van der Waals surface area contributed by atoms with Gasteiger partial charge in [0.1, 0.15) is 11.5 Å². The lowest BCUT2D eigenvalue weighted by atomic mass is 10.2. The van der Waals surface area contributed by atoms with E-state index >= 15 is 0 Å². The quantitative estimate of drug-likeness (QED) is 0.544. The first-order valence-corrected chi connectivity index (χ1v) is 9.92. The van der Waals surface area contributed by atoms with E-state index in [1.54, 1.807) is 39.5 Å². The lowest BCUT2D eigenvalue weighted by Crippen LogP contribution is -2.19. The molecule has 160 valence electrons. The maximum Gasteiger partial charge on any atom is 0.279 e. The highest BCUT2D eigenvalue weighted by atomic mass is 32.1. The fourth-order valence-electron chi connectivity index (χ4n) is 2.96. The average molecular weight is 432 g/mol. The molecule has 0 fully saturated rings. The molecule has 0 aliphatic rings. The number of thiazole rings is 1. The van der Waals surface area contributed by atoms with Crippen molar-refractivity contribution in [1.29, 1.82) is 0 Å². The van der Waals surface area contributed by atoms with E-state index in [9.17, 15) is 4.79 Å². The predicted molar refractivity (Wildman–Crippen MR) is 114 cm³/mol. The average Bonchev–Trinajstić information content (AvgIpc) is 3.11. The first kappa shape index (κ1) is 21.7. The third-order valence-corrected chi connectivity index (χ3v) is 5.54. The number of nitrogens with zero attached hydrogens (tertiary/aromatic N) is 2. The van der Waals surface area contributed by atoms with E-state index in [4.69, 9.17) is 23.7 Å². The summed E-state index contributed by atoms with van der Waals surface area (Å²) < 4.78 is 29.4. The Balaban J connectivity index is 2.16. The van der Waals surface area contributed by atoms with E-state index in [0.717, 1.165) is 10.2 Å². The minimum absolute atomic E-state index is 0.372. The van der Waals surface area contributed by atoms with Crippen molar-refractivity contribution in [2.24, 2.45) is 4.99 Å². The molecule has 0 atom stereocenters. The van der Waals surface area contributed by atoms with Gasteiger partial charge in [0.05, 0.1) is 45.3 Å². The Kier molecular flexibility index (Phi) is 6.96. The summed E-state index contributed by atoms with van der Waals surface area (Å²) in [5, 5.41) is 0. The molecule has 30 heavy (non-hydrogen) atoms. The largest absolute Gasteiger partial charge is 0.497 e. The number of carbonyl (C=O) groups excluding carboxylic acids is 1. The number of amides is 1. The summed E-state index contributed by atoms with van der Waals surface area (Å²) in [5.74, 6) is 1.85. The Labute approximate surface area is 178 Å². The van der Waals surface area contributed by atoms with Crippen LogP contribution >= 0.6 is 11.3 Å². The maximum absolute atomic E-state index is 12.9. The monoisotopic (exact) mass is 432 g/mol. The Hall–Kier alpha value is -3.04. The number of benzene rings is 2. The van der Waals surface area contributed by atoms with Crippen molar-refractivity contribution < 1.29 is 28.5 Å². The van der Waals surface area contributed by atoms with Crippen LogP contribution in [0.1, 0.15) is 10.4 Å². The highest BCUT2D eigenvalue weighted by molar-refractivity contribution is 7.16. The van der Waals surface area contributed by atoms with Gasteiger partial charge < -0.3 is 28.3 Å². The van der Waals surface area contributed by atoms with Crippen LogP contribution in [-0.2, 0) is 11.3 Å². The van der Waals surface area contributed by atoms with Crippen molar-refractivity contribution in [2.45, 2.75) is 6.54 Å². The lowest BCUT2D eigenvalue weighted by molar-refractivity contribution is 0.0996. The van der Waals surface area contributed by atoms with Gasteiger partial charge in [0.25, 0.3) is 5.91 Å². The van der Waals surface area contributed by atoms with Crippen LogP contribution in [0.3, 0.4) is 0 Å². The molecule has 0 N–H and O–H groups in total. The molecule has 2 aromatic carbocycles. The van der Waals surface area contributed by atoms with Crippen LogP contribution in [0.4, 0.5) is 0 Å². The molecular formula is C21H24N2O6S. The molecule has 1 heterocycles. The van der Waals surface area contributed by atoms with Gasteiger partial charge in [-0.15, -0.1) is 0 Å². The molecule has 0 bridgehead atoms. The van der Waals surface area contributed by atoms with Crippen LogP contribution in [-0.4, -0.2) is 52.6 Å². The predicted octanol–water partition coefficient (Wildman–Crippen LogP) is 3.12. The van der Waals surface area contributed by atoms with Crippen molar-refractivity contribution in [3.05, 3.63) is 40.7 Å². The van der Waals surface area contributed by atoms with Gasteiger partial charge in [-0.1, -0.05) is 11.3 Å². The summed E-state index contributed by atoms with van der Waals surface area (Å²) in [5.41, 5.74) is 1.25. The first-order valence-electron chi connectivity index (χ1n) is 9.11. The van der Waals surface area contributed by atoms with E-state index in [0.29, 0.717) is 46.5 Å². The van der Waals surface area contributed by atoms with E-state index < -0.39 is 5.91 Å². The zero-order valence-corrected chi connectivity index (χ0v) is 18.4. The Morgan fingerprint density at radius 2 is 1.53 bits per heavy atom. The van der Waals surface area contributed by atoms with E-state index in [1.165, 1.54) is 25.6 Å². The number of ether oxygens (including phenoxy) is 5. The van der Waals surface area contributed by atoms with Gasteiger partial charge in [0.15, 0.2) is 16.3 Å². The summed E-state index contributed by atoms with van der Waals surface area (Å²) in [4.78, 5) is 17.9.